The molecule has 46 heavy (non-hydrogen) atoms. The normalized spacial score (nSPS) is 18.7. The van der Waals surface area contributed by atoms with Gasteiger partial charge in [-0.25, -0.2) is 13.1 Å². The molecule has 2 aliphatic heterocycles. The van der Waals surface area contributed by atoms with Crippen LogP contribution >= 0.6 is 0 Å². The molecule has 2 N–H and O–H groups in total. The monoisotopic (exact) mass is 654 g/mol. The molecule has 0 radical (unpaired) electrons. The van der Waals surface area contributed by atoms with Crippen molar-refractivity contribution >= 4 is 32.6 Å². The van der Waals surface area contributed by atoms with Crippen LogP contribution in [-0.2, 0) is 26.0 Å². The van der Waals surface area contributed by atoms with Crippen molar-refractivity contribution in [2.24, 2.45) is 0 Å². The number of carbonyl (C=O) groups excluding carboxylic acids is 2. The molecule has 0 unspecified atom stereocenters. The summed E-state index contributed by atoms with van der Waals surface area (Å²) in [6.45, 7) is 2.57. The Balaban J connectivity index is 1.25. The summed E-state index contributed by atoms with van der Waals surface area (Å²) in [6.07, 6.45) is 1.15. The predicted molar refractivity (Wildman–Crippen MR) is 164 cm³/mol. The maximum absolute atomic E-state index is 13.8. The second-order valence-electron chi connectivity index (χ2n) is 11.6. The Hall–Kier alpha value is -4.56. The summed E-state index contributed by atoms with van der Waals surface area (Å²) >= 11 is 0. The molecule has 3 heterocycles. The second-order valence-corrected chi connectivity index (χ2v) is 13.8. The first-order chi connectivity index (χ1) is 21.9. The van der Waals surface area contributed by atoms with Gasteiger partial charge in [0, 0.05) is 29.5 Å². The van der Waals surface area contributed by atoms with Gasteiger partial charge in [-0.15, -0.1) is 0 Å². The summed E-state index contributed by atoms with van der Waals surface area (Å²) in [5.74, 6) is -4.39. The number of benzene rings is 3. The van der Waals surface area contributed by atoms with Gasteiger partial charge in [0.1, 0.15) is 17.6 Å². The van der Waals surface area contributed by atoms with Crippen LogP contribution in [-0.4, -0.2) is 66.3 Å². The van der Waals surface area contributed by atoms with Crippen molar-refractivity contribution in [1.29, 1.82) is 0 Å². The van der Waals surface area contributed by atoms with E-state index in [4.69, 9.17) is 14.2 Å². The van der Waals surface area contributed by atoms with Gasteiger partial charge in [-0.1, -0.05) is 18.2 Å². The Bertz CT molecular complexity index is 1910. The number of hydrogen-bond acceptors (Lipinski definition) is 8. The average Bonchev–Trinajstić information content (AvgIpc) is 3.60. The number of amides is 2. The number of alkyl halides is 2. The average molecular weight is 655 g/mol. The Morgan fingerprint density at radius 1 is 1.13 bits per heavy atom. The zero-order chi connectivity index (χ0) is 32.6. The van der Waals surface area contributed by atoms with Gasteiger partial charge in [0.05, 0.1) is 41.6 Å². The largest absolute Gasteiger partial charge is 0.484 e. The molecule has 0 saturated carbocycles. The number of rotatable bonds is 9. The zero-order valence-electron chi connectivity index (χ0n) is 25.0. The highest BCUT2D eigenvalue weighted by molar-refractivity contribution is 7.91. The second kappa shape index (κ2) is 12.3. The zero-order valence-corrected chi connectivity index (χ0v) is 25.9. The molecule has 0 spiro atoms. The molecular formula is C32H32F2N4O7S. The van der Waals surface area contributed by atoms with Crippen molar-refractivity contribution < 1.29 is 41.0 Å². The third kappa shape index (κ3) is 6.82. The topological polar surface area (TPSA) is 138 Å². The van der Waals surface area contributed by atoms with E-state index in [1.165, 1.54) is 0 Å². The quantitative estimate of drug-likeness (QED) is 0.276. The number of sulfone groups is 1. The Morgan fingerprint density at radius 3 is 2.72 bits per heavy atom. The van der Waals surface area contributed by atoms with E-state index in [1.807, 2.05) is 0 Å². The number of aromatic nitrogens is 2. The third-order valence-electron chi connectivity index (χ3n) is 7.91. The van der Waals surface area contributed by atoms with E-state index >= 15 is 0 Å². The summed E-state index contributed by atoms with van der Waals surface area (Å²) in [6, 6.07) is 16.1. The van der Waals surface area contributed by atoms with E-state index in [9.17, 15) is 26.8 Å². The molecule has 242 valence electrons. The molecule has 2 aliphatic rings. The Labute approximate surface area is 263 Å². The van der Waals surface area contributed by atoms with Crippen molar-refractivity contribution in [3.8, 4) is 17.2 Å². The van der Waals surface area contributed by atoms with Gasteiger partial charge in [0.15, 0.2) is 16.6 Å². The minimum atomic E-state index is -3.57. The van der Waals surface area contributed by atoms with Crippen LogP contribution in [0.4, 0.5) is 8.78 Å². The fourth-order valence-electron chi connectivity index (χ4n) is 5.52. The van der Waals surface area contributed by atoms with E-state index in [0.29, 0.717) is 59.2 Å². The summed E-state index contributed by atoms with van der Waals surface area (Å²) in [5, 5.41) is 10.4. The lowest BCUT2D eigenvalue weighted by atomic mass is 10.00. The van der Waals surface area contributed by atoms with Crippen molar-refractivity contribution in [3.05, 3.63) is 83.6 Å². The SMILES string of the molecule is C[C@H](NC(=O)C(C)(F)F)[C@H](Oc1ccc2c(cnn2-c2cccc(C(=O)N[C@H]3CCS(=O)(=O)C3)c2)c1)c1ccc2c(c1)OCOC2. The molecule has 3 atom stereocenters. The third-order valence-corrected chi connectivity index (χ3v) is 9.68. The maximum Gasteiger partial charge on any atom is 0.321 e. The van der Waals surface area contributed by atoms with Crippen LogP contribution in [0.25, 0.3) is 16.6 Å². The lowest BCUT2D eigenvalue weighted by Gasteiger charge is -2.28. The van der Waals surface area contributed by atoms with Crippen LogP contribution in [0.2, 0.25) is 0 Å². The smallest absolute Gasteiger partial charge is 0.321 e. The first kappa shape index (κ1) is 31.4. The summed E-state index contributed by atoms with van der Waals surface area (Å²) < 4.78 is 70.0. The highest BCUT2D eigenvalue weighted by Crippen LogP contribution is 2.33. The van der Waals surface area contributed by atoms with Gasteiger partial charge in [-0.3, -0.25) is 9.59 Å². The maximum atomic E-state index is 13.8. The molecule has 0 aliphatic carbocycles. The molecule has 14 heteroatoms. The Kier molecular flexibility index (Phi) is 8.42. The van der Waals surface area contributed by atoms with Crippen LogP contribution < -0.4 is 20.1 Å². The molecule has 3 aromatic carbocycles. The van der Waals surface area contributed by atoms with Crippen molar-refractivity contribution in [2.75, 3.05) is 18.3 Å². The first-order valence-corrected chi connectivity index (χ1v) is 16.5. The summed E-state index contributed by atoms with van der Waals surface area (Å²) in [7, 11) is -3.14. The Morgan fingerprint density at radius 2 is 1.96 bits per heavy atom. The van der Waals surface area contributed by atoms with E-state index in [0.717, 1.165) is 5.56 Å². The van der Waals surface area contributed by atoms with E-state index in [2.05, 4.69) is 15.7 Å². The fraction of sp³-hybridized carbons (Fsp3) is 0.344. The number of halogens is 2. The van der Waals surface area contributed by atoms with Crippen molar-refractivity contribution in [3.63, 3.8) is 0 Å². The van der Waals surface area contributed by atoms with Crippen LogP contribution in [0.3, 0.4) is 0 Å². The molecule has 4 aromatic rings. The highest BCUT2D eigenvalue weighted by atomic mass is 32.2. The number of fused-ring (bicyclic) bond motifs is 2. The van der Waals surface area contributed by atoms with Crippen LogP contribution in [0.1, 0.15) is 47.9 Å². The lowest BCUT2D eigenvalue weighted by molar-refractivity contribution is -0.144. The number of hydrogen-bond donors (Lipinski definition) is 2. The van der Waals surface area contributed by atoms with Crippen molar-refractivity contribution in [2.45, 2.75) is 51.0 Å². The molecule has 1 aromatic heterocycles. The minimum absolute atomic E-state index is 0.0586. The van der Waals surface area contributed by atoms with Crippen LogP contribution in [0.15, 0.2) is 66.9 Å². The molecule has 11 nitrogen and oxygen atoms in total. The molecule has 2 amide bonds. The standard InChI is InChI=1S/C32H32F2N4O7S/c1-19(36-31(40)32(2,33)34)29(20-6-7-22-16-43-18-44-28(22)14-20)45-26-8-9-27-23(13-26)15-35-38(27)25-5-3-4-21(12-25)30(39)37-24-10-11-46(41,42)17-24/h3-9,12-15,19,24,29H,10-11,16-18H2,1-2H3,(H,36,40)(H,37,39)/t19-,24-,29-/m0/s1. The number of nitrogens with one attached hydrogen (secondary N) is 2. The lowest BCUT2D eigenvalue weighted by Crippen LogP contribution is -2.46. The summed E-state index contributed by atoms with van der Waals surface area (Å²) in [5.41, 5.74) is 3.12. The summed E-state index contributed by atoms with van der Waals surface area (Å²) in [4.78, 5) is 25.1. The minimum Gasteiger partial charge on any atom is -0.484 e. The van der Waals surface area contributed by atoms with E-state index in [-0.39, 0.29) is 24.2 Å². The number of carbonyl (C=O) groups is 2. The predicted octanol–water partition coefficient (Wildman–Crippen LogP) is 4.09. The highest BCUT2D eigenvalue weighted by Gasteiger charge is 2.35. The molecule has 0 bridgehead atoms. The van der Waals surface area contributed by atoms with Gasteiger partial charge in [0.25, 0.3) is 11.8 Å². The van der Waals surface area contributed by atoms with E-state index < -0.39 is 39.9 Å². The molecule has 6 rings (SSSR count). The number of ether oxygens (including phenoxy) is 3. The van der Waals surface area contributed by atoms with Gasteiger partial charge in [0.2, 0.25) is 0 Å². The van der Waals surface area contributed by atoms with Crippen LogP contribution in [0.5, 0.6) is 11.5 Å². The van der Waals surface area contributed by atoms with Crippen molar-refractivity contribution in [1.82, 2.24) is 20.4 Å². The van der Waals surface area contributed by atoms with Gasteiger partial charge in [-0.2, -0.15) is 13.9 Å². The van der Waals surface area contributed by atoms with Crippen LogP contribution in [0, 0.1) is 0 Å². The molecular weight excluding hydrogens is 622 g/mol. The molecule has 1 fully saturated rings. The van der Waals surface area contributed by atoms with Gasteiger partial charge >= 0.3 is 5.92 Å². The van der Waals surface area contributed by atoms with Gasteiger partial charge < -0.3 is 24.8 Å². The fourth-order valence-corrected chi connectivity index (χ4v) is 7.19. The molecule has 1 saturated heterocycles. The van der Waals surface area contributed by atoms with E-state index in [1.54, 1.807) is 78.5 Å². The number of nitrogens with zero attached hydrogens (tertiary/aromatic N) is 2. The first-order valence-electron chi connectivity index (χ1n) is 14.6. The van der Waals surface area contributed by atoms with Gasteiger partial charge in [-0.05, 0) is 61.4 Å².